The molecule has 0 aliphatic rings. The van der Waals surface area contributed by atoms with E-state index in [1.807, 2.05) is 32.9 Å². The zero-order valence-corrected chi connectivity index (χ0v) is 33.7. The number of methoxy groups -OCH3 is 1. The zero-order chi connectivity index (χ0) is 40.0. The Hall–Kier alpha value is -3.52. The molecule has 0 fully saturated rings. The molecule has 0 rings (SSSR count). The molecule has 0 unspecified atom stereocenters. The Morgan fingerprint density at radius 3 is 1.82 bits per heavy atom. The number of hydrogen-bond donors (Lipinski definition) is 3. The molecule has 0 aliphatic carbocycles. The summed E-state index contributed by atoms with van der Waals surface area (Å²) in [6.07, 6.45) is 3.59. The Balaban J connectivity index is 7.07. The van der Waals surface area contributed by atoms with Gasteiger partial charge in [-0.25, -0.2) is 4.79 Å². The summed E-state index contributed by atoms with van der Waals surface area (Å²) in [5.74, 6) is -4.42. The van der Waals surface area contributed by atoms with Crippen LogP contribution in [-0.4, -0.2) is 133 Å². The van der Waals surface area contributed by atoms with Crippen LogP contribution >= 0.6 is 0 Å². The quantitative estimate of drug-likeness (QED) is 0.118. The second-order valence-corrected chi connectivity index (χ2v) is 14.8. The average Bonchev–Trinajstić information content (AvgIpc) is 3.04. The average molecular weight is 726 g/mol. The summed E-state index contributed by atoms with van der Waals surface area (Å²) >= 11 is 0. The largest absolute Gasteiger partial charge is 0.467 e. The summed E-state index contributed by atoms with van der Waals surface area (Å²) < 4.78 is 10.6. The van der Waals surface area contributed by atoms with Crippen molar-refractivity contribution in [3.05, 3.63) is 12.2 Å². The molecule has 294 valence electrons. The van der Waals surface area contributed by atoms with Crippen molar-refractivity contribution in [2.75, 3.05) is 35.3 Å². The van der Waals surface area contributed by atoms with Crippen molar-refractivity contribution in [3.8, 4) is 0 Å². The number of amides is 4. The minimum absolute atomic E-state index is 0.00154. The van der Waals surface area contributed by atoms with Crippen molar-refractivity contribution in [3.63, 3.8) is 0 Å². The van der Waals surface area contributed by atoms with Crippen LogP contribution in [0.2, 0.25) is 0 Å². The number of rotatable bonds is 21. The predicted molar refractivity (Wildman–Crippen MR) is 196 cm³/mol. The van der Waals surface area contributed by atoms with Crippen LogP contribution < -0.4 is 10.6 Å². The van der Waals surface area contributed by atoms with Gasteiger partial charge in [-0.05, 0) is 71.3 Å². The Kier molecular flexibility index (Phi) is 20.3. The van der Waals surface area contributed by atoms with E-state index < -0.39 is 83.4 Å². The van der Waals surface area contributed by atoms with Crippen LogP contribution in [0.3, 0.4) is 0 Å². The lowest BCUT2D eigenvalue weighted by Gasteiger charge is -2.41. The molecule has 0 saturated carbocycles. The highest BCUT2D eigenvalue weighted by molar-refractivity contribution is 5.96. The first-order valence-corrected chi connectivity index (χ1v) is 17.9. The van der Waals surface area contributed by atoms with E-state index in [2.05, 4.69) is 10.6 Å². The Morgan fingerprint density at radius 1 is 0.863 bits per heavy atom. The molecule has 14 nitrogen and oxygen atoms in total. The SMILES string of the molecule is CC=CC[C@@H](C)[C@@H](OC(C)=O)[C@@H](C(=O)N[C@@H](CC)C(=O)OC)N(C)C(=O)[C@H](C(C)C)N(C)C(=O)[C@H](CC(C)C)N(C)C(=O)[C@H](CC(C)(C)O)NC. The number of carbonyl (C=O) groups is 6. The van der Waals surface area contributed by atoms with Gasteiger partial charge in [0.2, 0.25) is 23.6 Å². The third-order valence-corrected chi connectivity index (χ3v) is 8.96. The van der Waals surface area contributed by atoms with Crippen molar-refractivity contribution in [1.29, 1.82) is 0 Å². The Labute approximate surface area is 306 Å². The first kappa shape index (κ1) is 47.5. The first-order valence-electron chi connectivity index (χ1n) is 17.9. The molecule has 7 atom stereocenters. The molecule has 51 heavy (non-hydrogen) atoms. The lowest BCUT2D eigenvalue weighted by atomic mass is 9.91. The van der Waals surface area contributed by atoms with E-state index in [1.165, 1.54) is 49.9 Å². The summed E-state index contributed by atoms with van der Waals surface area (Å²) in [7, 11) is 7.26. The smallest absolute Gasteiger partial charge is 0.328 e. The summed E-state index contributed by atoms with van der Waals surface area (Å²) in [6, 6.07) is -5.22. The van der Waals surface area contributed by atoms with Gasteiger partial charge in [0.05, 0.1) is 18.8 Å². The molecule has 3 N–H and O–H groups in total. The predicted octanol–water partition coefficient (Wildman–Crippen LogP) is 2.52. The molecule has 0 aromatic heterocycles. The second-order valence-electron chi connectivity index (χ2n) is 14.8. The highest BCUT2D eigenvalue weighted by atomic mass is 16.5. The van der Waals surface area contributed by atoms with Crippen LogP contribution in [0.4, 0.5) is 0 Å². The lowest BCUT2D eigenvalue weighted by molar-refractivity contribution is -0.164. The van der Waals surface area contributed by atoms with Crippen LogP contribution in [0.5, 0.6) is 0 Å². The number of likely N-dealkylation sites (N-methyl/N-ethyl adjacent to an activating group) is 4. The highest BCUT2D eigenvalue weighted by Crippen LogP contribution is 2.25. The minimum Gasteiger partial charge on any atom is -0.467 e. The number of esters is 2. The Morgan fingerprint density at radius 2 is 1.41 bits per heavy atom. The van der Waals surface area contributed by atoms with E-state index in [4.69, 9.17) is 9.47 Å². The van der Waals surface area contributed by atoms with Gasteiger partial charge >= 0.3 is 11.9 Å². The van der Waals surface area contributed by atoms with Gasteiger partial charge in [0.25, 0.3) is 0 Å². The van der Waals surface area contributed by atoms with Crippen LogP contribution in [0.25, 0.3) is 0 Å². The van der Waals surface area contributed by atoms with Gasteiger partial charge in [-0.15, -0.1) is 0 Å². The summed E-state index contributed by atoms with van der Waals surface area (Å²) in [6.45, 7) is 17.1. The topological polar surface area (TPSA) is 175 Å². The third-order valence-electron chi connectivity index (χ3n) is 8.96. The van der Waals surface area contributed by atoms with Crippen molar-refractivity contribution in [2.24, 2.45) is 17.8 Å². The molecule has 0 aromatic rings. The fourth-order valence-electron chi connectivity index (χ4n) is 6.14. The molecule has 0 spiro atoms. The summed E-state index contributed by atoms with van der Waals surface area (Å²) in [5.41, 5.74) is -1.15. The van der Waals surface area contributed by atoms with Gasteiger partial charge < -0.3 is 39.9 Å². The number of hydrogen-bond acceptors (Lipinski definition) is 10. The second kappa shape index (κ2) is 21.8. The maximum absolute atomic E-state index is 14.6. The van der Waals surface area contributed by atoms with Crippen LogP contribution in [0, 0.1) is 17.8 Å². The normalized spacial score (nSPS) is 16.0. The Bertz CT molecular complexity index is 1200. The third kappa shape index (κ3) is 14.6. The molecule has 4 amide bonds. The van der Waals surface area contributed by atoms with Gasteiger partial charge in [0, 0.05) is 28.1 Å². The summed E-state index contributed by atoms with van der Waals surface area (Å²) in [5, 5.41) is 16.0. The van der Waals surface area contributed by atoms with Crippen molar-refractivity contribution < 1.29 is 43.3 Å². The molecule has 0 heterocycles. The van der Waals surface area contributed by atoms with Crippen molar-refractivity contribution in [2.45, 2.75) is 137 Å². The van der Waals surface area contributed by atoms with E-state index >= 15 is 0 Å². The standard InChI is InChI=1S/C37H67N5O9/c1-16-18-19-24(7)31(51-25(8)43)30(32(44)39-26(17-2)36(48)50-15)42(14)35(47)29(23(5)6)41(13)34(46)28(20-22(3)4)40(12)33(45)27(38-11)21-37(9,10)49/h16,18,22-24,26-31,38,49H,17,19-21H2,1-15H3,(H,39,44)/t24-,26+,27+,28+,29+,30+,31-/m1/s1. The number of nitrogens with one attached hydrogen (secondary N) is 2. The molecular weight excluding hydrogens is 658 g/mol. The maximum Gasteiger partial charge on any atom is 0.328 e. The fraction of sp³-hybridized carbons (Fsp3) is 0.784. The van der Waals surface area contributed by atoms with Crippen molar-refractivity contribution >= 4 is 35.6 Å². The van der Waals surface area contributed by atoms with Crippen molar-refractivity contribution in [1.82, 2.24) is 25.3 Å². The number of nitrogens with zero attached hydrogens (tertiary/aromatic N) is 3. The lowest BCUT2D eigenvalue weighted by Crippen LogP contribution is -2.63. The van der Waals surface area contributed by atoms with E-state index in [0.717, 1.165) is 0 Å². The van der Waals surface area contributed by atoms with Crippen LogP contribution in [-0.2, 0) is 38.2 Å². The van der Waals surface area contributed by atoms with Gasteiger partial charge in [-0.2, -0.15) is 0 Å². The van der Waals surface area contributed by atoms with E-state index in [0.29, 0.717) is 12.8 Å². The molecule has 0 saturated heterocycles. The monoisotopic (exact) mass is 725 g/mol. The molecule has 0 aromatic carbocycles. The number of ether oxygens (including phenoxy) is 2. The molecule has 0 bridgehead atoms. The minimum atomic E-state index is -1.39. The van der Waals surface area contributed by atoms with Gasteiger partial charge in [0.1, 0.15) is 30.3 Å². The van der Waals surface area contributed by atoms with E-state index in [1.54, 1.807) is 48.6 Å². The molecule has 14 heteroatoms. The first-order chi connectivity index (χ1) is 23.5. The molecular formula is C37H67N5O9. The number of carbonyl (C=O) groups excluding carboxylic acids is 6. The number of allylic oxidation sites excluding steroid dienone is 2. The molecule has 0 aliphatic heterocycles. The van der Waals surface area contributed by atoms with Crippen LogP contribution in [0.15, 0.2) is 12.2 Å². The summed E-state index contributed by atoms with van der Waals surface area (Å²) in [4.78, 5) is 85.5. The van der Waals surface area contributed by atoms with E-state index in [9.17, 15) is 33.9 Å². The molecule has 0 radical (unpaired) electrons. The number of aliphatic hydroxyl groups is 1. The highest BCUT2D eigenvalue weighted by Gasteiger charge is 2.45. The van der Waals surface area contributed by atoms with E-state index in [-0.39, 0.29) is 24.7 Å². The zero-order valence-electron chi connectivity index (χ0n) is 33.7. The van der Waals surface area contributed by atoms with Gasteiger partial charge in [-0.3, -0.25) is 24.0 Å². The fourth-order valence-corrected chi connectivity index (χ4v) is 6.14. The maximum atomic E-state index is 14.6. The van der Waals surface area contributed by atoms with Gasteiger partial charge in [-0.1, -0.05) is 53.7 Å². The van der Waals surface area contributed by atoms with Crippen LogP contribution in [0.1, 0.15) is 94.9 Å². The van der Waals surface area contributed by atoms with Gasteiger partial charge in [0.15, 0.2) is 0 Å².